The molecule has 2 aromatic heterocycles. The van der Waals surface area contributed by atoms with E-state index >= 15 is 0 Å². The maximum absolute atomic E-state index is 9.32. The lowest BCUT2D eigenvalue weighted by Gasteiger charge is -2.10. The molecular weight excluding hydrogens is 548 g/mol. The summed E-state index contributed by atoms with van der Waals surface area (Å²) in [7, 11) is 0. The molecule has 4 heteroatoms. The Morgan fingerprint density at radius 2 is 0.956 bits per heavy atom. The molecule has 0 unspecified atom stereocenters. The van der Waals surface area contributed by atoms with Crippen molar-refractivity contribution in [2.75, 3.05) is 0 Å². The highest BCUT2D eigenvalue weighted by molar-refractivity contribution is 6.11. The molecule has 6 aromatic carbocycles. The number of para-hydroxylation sites is 1. The molecule has 0 bridgehead atoms. The third kappa shape index (κ3) is 4.83. The minimum Gasteiger partial charge on any atom is -0.309 e. The number of benzene rings is 6. The van der Waals surface area contributed by atoms with E-state index in [1.54, 1.807) is 0 Å². The molecule has 0 aliphatic heterocycles. The maximum atomic E-state index is 9.32. The van der Waals surface area contributed by atoms with E-state index in [0.717, 1.165) is 50.2 Å². The summed E-state index contributed by atoms with van der Waals surface area (Å²) in [4.78, 5) is 10.0. The third-order valence-electron chi connectivity index (χ3n) is 8.25. The third-order valence-corrected chi connectivity index (χ3v) is 8.25. The van der Waals surface area contributed by atoms with E-state index in [-0.39, 0.29) is 0 Å². The van der Waals surface area contributed by atoms with Crippen molar-refractivity contribution in [3.8, 4) is 56.8 Å². The lowest BCUT2D eigenvalue weighted by atomic mass is 10.0. The SMILES string of the molecule is N#Cc1ccc(-c2nc(-c3ccccc3)cc(-c3ccc4c(c3)c3cc(-c5ccccc5)ccc3n4-c3ccccc3)n2)cc1. The van der Waals surface area contributed by atoms with E-state index in [4.69, 9.17) is 9.97 Å². The van der Waals surface area contributed by atoms with Crippen LogP contribution in [0, 0.1) is 11.3 Å². The Hall–Kier alpha value is -6.31. The summed E-state index contributed by atoms with van der Waals surface area (Å²) in [6.07, 6.45) is 0. The van der Waals surface area contributed by atoms with E-state index < -0.39 is 0 Å². The number of hydrogen-bond donors (Lipinski definition) is 0. The molecule has 0 N–H and O–H groups in total. The summed E-state index contributed by atoms with van der Waals surface area (Å²) < 4.78 is 2.33. The van der Waals surface area contributed by atoms with Gasteiger partial charge in [-0.3, -0.25) is 0 Å². The molecule has 0 aliphatic rings. The molecule has 210 valence electrons. The van der Waals surface area contributed by atoms with Crippen LogP contribution in [-0.4, -0.2) is 14.5 Å². The van der Waals surface area contributed by atoms with Crippen molar-refractivity contribution in [2.45, 2.75) is 0 Å². The molecule has 45 heavy (non-hydrogen) atoms. The number of nitrogens with zero attached hydrogens (tertiary/aromatic N) is 4. The molecular formula is C41H26N4. The van der Waals surface area contributed by atoms with Crippen molar-refractivity contribution in [1.82, 2.24) is 14.5 Å². The van der Waals surface area contributed by atoms with Gasteiger partial charge >= 0.3 is 0 Å². The van der Waals surface area contributed by atoms with Gasteiger partial charge in [-0.25, -0.2) is 9.97 Å². The highest BCUT2D eigenvalue weighted by atomic mass is 15.0. The summed E-state index contributed by atoms with van der Waals surface area (Å²) in [5, 5.41) is 11.7. The average Bonchev–Trinajstić information content (AvgIpc) is 3.45. The zero-order chi connectivity index (χ0) is 30.2. The van der Waals surface area contributed by atoms with Gasteiger partial charge in [0.1, 0.15) is 0 Å². The quantitative estimate of drug-likeness (QED) is 0.205. The molecule has 0 fully saturated rings. The van der Waals surface area contributed by atoms with E-state index in [1.807, 2.05) is 54.6 Å². The van der Waals surface area contributed by atoms with Crippen molar-refractivity contribution in [2.24, 2.45) is 0 Å². The molecule has 2 heterocycles. The zero-order valence-corrected chi connectivity index (χ0v) is 24.3. The van der Waals surface area contributed by atoms with Gasteiger partial charge in [-0.15, -0.1) is 0 Å². The predicted molar refractivity (Wildman–Crippen MR) is 183 cm³/mol. The predicted octanol–water partition coefficient (Wildman–Crippen LogP) is 10.1. The molecule has 0 radical (unpaired) electrons. The smallest absolute Gasteiger partial charge is 0.160 e. The van der Waals surface area contributed by atoms with Crippen LogP contribution in [0.4, 0.5) is 0 Å². The van der Waals surface area contributed by atoms with Crippen LogP contribution in [0.15, 0.2) is 158 Å². The van der Waals surface area contributed by atoms with Gasteiger partial charge in [-0.05, 0) is 77.9 Å². The molecule has 0 spiro atoms. The standard InChI is InChI=1S/C41H26N4/c42-27-28-16-18-31(19-17-28)41-43-37(30-12-6-2-7-13-30)26-38(44-41)33-21-23-40-36(25-33)35-24-32(29-10-4-1-5-11-29)20-22-39(35)45(40)34-14-8-3-9-15-34/h1-26H. The minimum atomic E-state index is 0.605. The summed E-state index contributed by atoms with van der Waals surface area (Å²) in [5.74, 6) is 0.619. The van der Waals surface area contributed by atoms with Crippen LogP contribution in [0.25, 0.3) is 72.5 Å². The summed E-state index contributed by atoms with van der Waals surface area (Å²) in [6, 6.07) is 56.2. The fourth-order valence-corrected chi connectivity index (χ4v) is 6.02. The fraction of sp³-hybridized carbons (Fsp3) is 0. The number of fused-ring (bicyclic) bond motifs is 3. The topological polar surface area (TPSA) is 54.5 Å². The molecule has 8 rings (SSSR count). The van der Waals surface area contributed by atoms with Crippen LogP contribution < -0.4 is 0 Å². The lowest BCUT2D eigenvalue weighted by molar-refractivity contribution is 1.18. The molecule has 0 saturated heterocycles. The molecule has 0 atom stereocenters. The number of rotatable bonds is 5. The van der Waals surface area contributed by atoms with Crippen LogP contribution >= 0.6 is 0 Å². The Morgan fingerprint density at radius 3 is 1.58 bits per heavy atom. The number of nitriles is 1. The van der Waals surface area contributed by atoms with E-state index in [2.05, 4.69) is 114 Å². The Bertz CT molecular complexity index is 2350. The van der Waals surface area contributed by atoms with Crippen LogP contribution in [0.2, 0.25) is 0 Å². The van der Waals surface area contributed by atoms with Gasteiger partial charge in [0.05, 0.1) is 34.1 Å². The Morgan fingerprint density at radius 1 is 0.444 bits per heavy atom. The molecule has 4 nitrogen and oxygen atoms in total. The fourth-order valence-electron chi connectivity index (χ4n) is 6.02. The van der Waals surface area contributed by atoms with Crippen LogP contribution in [0.3, 0.4) is 0 Å². The number of hydrogen-bond acceptors (Lipinski definition) is 3. The largest absolute Gasteiger partial charge is 0.309 e. The van der Waals surface area contributed by atoms with Gasteiger partial charge in [0, 0.05) is 33.2 Å². The second kappa shape index (κ2) is 11.1. The van der Waals surface area contributed by atoms with Crippen LogP contribution in [-0.2, 0) is 0 Å². The minimum absolute atomic E-state index is 0.605. The van der Waals surface area contributed by atoms with E-state index in [1.165, 1.54) is 16.5 Å². The summed E-state index contributed by atoms with van der Waals surface area (Å²) in [6.45, 7) is 0. The first-order chi connectivity index (χ1) is 22.2. The second-order valence-electron chi connectivity index (χ2n) is 11.0. The van der Waals surface area contributed by atoms with Gasteiger partial charge in [-0.2, -0.15) is 5.26 Å². The van der Waals surface area contributed by atoms with Crippen LogP contribution in [0.5, 0.6) is 0 Å². The Labute approximate surface area is 261 Å². The molecule has 0 amide bonds. The molecule has 0 saturated carbocycles. The molecule has 8 aromatic rings. The Kier molecular flexibility index (Phi) is 6.48. The first kappa shape index (κ1) is 26.3. The van der Waals surface area contributed by atoms with Crippen molar-refractivity contribution < 1.29 is 0 Å². The van der Waals surface area contributed by atoms with Gasteiger partial charge in [0.25, 0.3) is 0 Å². The zero-order valence-electron chi connectivity index (χ0n) is 24.3. The van der Waals surface area contributed by atoms with Crippen LogP contribution in [0.1, 0.15) is 5.56 Å². The normalized spacial score (nSPS) is 11.1. The van der Waals surface area contributed by atoms with Gasteiger partial charge in [0.15, 0.2) is 5.82 Å². The van der Waals surface area contributed by atoms with E-state index in [9.17, 15) is 5.26 Å². The van der Waals surface area contributed by atoms with Gasteiger partial charge < -0.3 is 4.57 Å². The first-order valence-corrected chi connectivity index (χ1v) is 14.9. The summed E-state index contributed by atoms with van der Waals surface area (Å²) >= 11 is 0. The second-order valence-corrected chi connectivity index (χ2v) is 11.0. The monoisotopic (exact) mass is 574 g/mol. The van der Waals surface area contributed by atoms with Gasteiger partial charge in [0.2, 0.25) is 0 Å². The highest BCUT2D eigenvalue weighted by Crippen LogP contribution is 2.37. The first-order valence-electron chi connectivity index (χ1n) is 14.9. The highest BCUT2D eigenvalue weighted by Gasteiger charge is 2.16. The van der Waals surface area contributed by atoms with Crippen molar-refractivity contribution in [3.05, 3.63) is 163 Å². The van der Waals surface area contributed by atoms with Crippen molar-refractivity contribution >= 4 is 21.8 Å². The van der Waals surface area contributed by atoms with E-state index in [0.29, 0.717) is 11.4 Å². The van der Waals surface area contributed by atoms with Crippen molar-refractivity contribution in [1.29, 1.82) is 5.26 Å². The molecule has 0 aliphatic carbocycles. The maximum Gasteiger partial charge on any atom is 0.160 e. The average molecular weight is 575 g/mol. The van der Waals surface area contributed by atoms with Crippen molar-refractivity contribution in [3.63, 3.8) is 0 Å². The van der Waals surface area contributed by atoms with Gasteiger partial charge in [-0.1, -0.05) is 91.0 Å². The number of aromatic nitrogens is 3. The lowest BCUT2D eigenvalue weighted by Crippen LogP contribution is -1.96. The Balaban J connectivity index is 1.36. The summed E-state index contributed by atoms with van der Waals surface area (Å²) in [5.41, 5.74) is 10.9.